The maximum absolute atomic E-state index is 12.5. The monoisotopic (exact) mass is 358 g/mol. The number of thiol groups is 1. The number of benzene rings is 1. The van der Waals surface area contributed by atoms with Gasteiger partial charge in [0.2, 0.25) is 0 Å². The summed E-state index contributed by atoms with van der Waals surface area (Å²) in [6.07, 6.45) is 3.28. The first-order valence-electron chi connectivity index (χ1n) is 8.72. The van der Waals surface area contributed by atoms with E-state index in [1.54, 1.807) is 6.07 Å². The van der Waals surface area contributed by atoms with Gasteiger partial charge in [-0.2, -0.15) is 0 Å². The molecule has 1 fully saturated rings. The molecule has 0 aliphatic carbocycles. The molecule has 0 radical (unpaired) electrons. The summed E-state index contributed by atoms with van der Waals surface area (Å²) in [7, 11) is 0. The van der Waals surface area contributed by atoms with Crippen LogP contribution in [0.15, 0.2) is 35.1 Å². The molecule has 0 spiro atoms. The third-order valence-electron chi connectivity index (χ3n) is 4.88. The molecule has 2 aliphatic heterocycles. The molecule has 132 valence electrons. The normalized spacial score (nSPS) is 18.5. The molecule has 1 N–H and O–H groups in total. The number of hydrogen-bond donors (Lipinski definition) is 2. The zero-order valence-electron chi connectivity index (χ0n) is 14.0. The van der Waals surface area contributed by atoms with Gasteiger partial charge in [0.05, 0.1) is 11.8 Å². The quantitative estimate of drug-likeness (QED) is 0.637. The van der Waals surface area contributed by atoms with E-state index < -0.39 is 0 Å². The molecule has 6 heteroatoms. The summed E-state index contributed by atoms with van der Waals surface area (Å²) in [4.78, 5) is 12.5. The Hall–Kier alpha value is -1.92. The van der Waals surface area contributed by atoms with E-state index in [-0.39, 0.29) is 11.7 Å². The highest BCUT2D eigenvalue weighted by Crippen LogP contribution is 2.33. The van der Waals surface area contributed by atoms with Crippen molar-refractivity contribution in [2.24, 2.45) is 0 Å². The molecule has 1 atom stereocenters. The predicted molar refractivity (Wildman–Crippen MR) is 102 cm³/mol. The van der Waals surface area contributed by atoms with Crippen molar-refractivity contribution in [2.45, 2.75) is 31.9 Å². The molecule has 25 heavy (non-hydrogen) atoms. The number of aromatic nitrogens is 1. The van der Waals surface area contributed by atoms with E-state index in [2.05, 4.69) is 30.1 Å². The molecule has 1 unspecified atom stereocenters. The highest BCUT2D eigenvalue weighted by molar-refractivity contribution is 7.80. The Labute approximate surface area is 152 Å². The van der Waals surface area contributed by atoms with Crippen molar-refractivity contribution in [3.8, 4) is 17.0 Å². The number of nitrogens with zero attached hydrogens (tertiary/aromatic N) is 1. The van der Waals surface area contributed by atoms with E-state index in [1.165, 1.54) is 5.56 Å². The molecular weight excluding hydrogens is 336 g/mol. The zero-order chi connectivity index (χ0) is 17.2. The molecule has 3 heterocycles. The highest BCUT2D eigenvalue weighted by atomic mass is 32.1. The summed E-state index contributed by atoms with van der Waals surface area (Å²) in [5.41, 5.74) is 4.11. The maximum atomic E-state index is 12.5. The maximum Gasteiger partial charge on any atom is 0.253 e. The number of ether oxygens (including phenoxy) is 2. The van der Waals surface area contributed by atoms with Crippen LogP contribution < -0.4 is 15.6 Å². The van der Waals surface area contributed by atoms with E-state index in [1.807, 2.05) is 16.7 Å². The lowest BCUT2D eigenvalue weighted by molar-refractivity contribution is 0.120. The Morgan fingerprint density at radius 1 is 1.32 bits per heavy atom. The number of aryl methyl sites for hydroxylation is 1. The summed E-state index contributed by atoms with van der Waals surface area (Å²) in [6, 6.07) is 9.77. The van der Waals surface area contributed by atoms with Gasteiger partial charge in [0.25, 0.3) is 5.56 Å². The van der Waals surface area contributed by atoms with Crippen LogP contribution in [-0.4, -0.2) is 29.8 Å². The Bertz CT molecular complexity index is 828. The van der Waals surface area contributed by atoms with Crippen LogP contribution in [0.2, 0.25) is 0 Å². The Morgan fingerprint density at radius 2 is 2.24 bits per heavy atom. The van der Waals surface area contributed by atoms with Crippen LogP contribution in [0.25, 0.3) is 11.3 Å². The van der Waals surface area contributed by atoms with Crippen LogP contribution in [-0.2, 0) is 17.7 Å². The van der Waals surface area contributed by atoms with Crippen LogP contribution in [0.1, 0.15) is 18.4 Å². The lowest BCUT2D eigenvalue weighted by atomic mass is 9.97. The van der Waals surface area contributed by atoms with Crippen molar-refractivity contribution in [3.05, 3.63) is 46.2 Å². The van der Waals surface area contributed by atoms with Crippen LogP contribution >= 0.6 is 12.6 Å². The average Bonchev–Trinajstić information content (AvgIpc) is 3.14. The molecule has 4 rings (SSSR count). The molecule has 0 amide bonds. The first-order valence-corrected chi connectivity index (χ1v) is 9.35. The van der Waals surface area contributed by atoms with Crippen LogP contribution in [0.4, 0.5) is 5.69 Å². The van der Waals surface area contributed by atoms with Crippen molar-refractivity contribution < 1.29 is 9.47 Å². The number of anilines is 1. The molecule has 0 bridgehead atoms. The second-order valence-corrected chi connectivity index (χ2v) is 6.74. The summed E-state index contributed by atoms with van der Waals surface area (Å²) >= 11 is 4.12. The molecule has 1 aromatic carbocycles. The van der Waals surface area contributed by atoms with Gasteiger partial charge in [-0.05, 0) is 43.0 Å². The van der Waals surface area contributed by atoms with Crippen molar-refractivity contribution in [1.82, 2.24) is 4.57 Å². The van der Waals surface area contributed by atoms with Crippen LogP contribution in [0, 0.1) is 0 Å². The Morgan fingerprint density at radius 3 is 3.04 bits per heavy atom. The lowest BCUT2D eigenvalue weighted by Crippen LogP contribution is -2.27. The summed E-state index contributed by atoms with van der Waals surface area (Å²) < 4.78 is 13.0. The minimum Gasteiger partial charge on any atom is -0.483 e. The Kier molecular flexibility index (Phi) is 4.72. The van der Waals surface area contributed by atoms with E-state index in [9.17, 15) is 4.79 Å². The number of rotatable bonds is 5. The SMILES string of the molecule is O=c1cc(NCC2CCCO2)cc2n1CCc1ccc(OCS)cc1-2. The fraction of sp³-hybridized carbons (Fsp3) is 0.421. The Balaban J connectivity index is 1.66. The molecule has 2 aliphatic rings. The van der Waals surface area contributed by atoms with Gasteiger partial charge in [-0.25, -0.2) is 0 Å². The highest BCUT2D eigenvalue weighted by Gasteiger charge is 2.19. The van der Waals surface area contributed by atoms with Gasteiger partial charge in [-0.15, -0.1) is 12.6 Å². The van der Waals surface area contributed by atoms with Crippen molar-refractivity contribution >= 4 is 18.3 Å². The number of pyridine rings is 1. The van der Waals surface area contributed by atoms with Gasteiger partial charge >= 0.3 is 0 Å². The van der Waals surface area contributed by atoms with E-state index in [0.29, 0.717) is 12.5 Å². The van der Waals surface area contributed by atoms with Gasteiger partial charge in [0.1, 0.15) is 11.7 Å². The third kappa shape index (κ3) is 3.41. The summed E-state index contributed by atoms with van der Waals surface area (Å²) in [6.45, 7) is 2.28. The molecule has 5 nitrogen and oxygen atoms in total. The molecule has 1 aromatic heterocycles. The summed E-state index contributed by atoms with van der Waals surface area (Å²) in [5, 5.41) is 3.37. The molecule has 0 saturated carbocycles. The van der Waals surface area contributed by atoms with Gasteiger partial charge in [0, 0.05) is 37.0 Å². The second kappa shape index (κ2) is 7.14. The van der Waals surface area contributed by atoms with Crippen molar-refractivity contribution in [3.63, 3.8) is 0 Å². The van der Waals surface area contributed by atoms with Gasteiger partial charge < -0.3 is 19.4 Å². The number of fused-ring (bicyclic) bond motifs is 3. The van der Waals surface area contributed by atoms with Gasteiger partial charge in [-0.1, -0.05) is 6.07 Å². The fourth-order valence-electron chi connectivity index (χ4n) is 3.60. The molecule has 1 saturated heterocycles. The third-order valence-corrected chi connectivity index (χ3v) is 5.01. The van der Waals surface area contributed by atoms with Crippen LogP contribution in [0.5, 0.6) is 5.75 Å². The first kappa shape index (κ1) is 16.5. The first-order chi connectivity index (χ1) is 12.2. The second-order valence-electron chi connectivity index (χ2n) is 6.48. The number of nitrogens with one attached hydrogen (secondary N) is 1. The van der Waals surface area contributed by atoms with Crippen LogP contribution in [0.3, 0.4) is 0 Å². The van der Waals surface area contributed by atoms with Crippen molar-refractivity contribution in [2.75, 3.05) is 24.4 Å². The molecular formula is C19H22N2O3S. The minimum absolute atomic E-state index is 0.0264. The summed E-state index contributed by atoms with van der Waals surface area (Å²) in [5.74, 6) is 1.10. The average molecular weight is 358 g/mol. The standard InChI is InChI=1S/C19H22N2O3S/c22-19-9-14(20-11-16-2-1-7-23-16)8-18-17-10-15(24-12-25)4-3-13(17)5-6-21(18)19/h3-4,8-10,16,20,25H,1-2,5-7,11-12H2. The topological polar surface area (TPSA) is 52.5 Å². The fourth-order valence-corrected chi connectivity index (χ4v) is 3.75. The smallest absolute Gasteiger partial charge is 0.253 e. The van der Waals surface area contributed by atoms with Crippen molar-refractivity contribution in [1.29, 1.82) is 0 Å². The zero-order valence-corrected chi connectivity index (χ0v) is 14.9. The lowest BCUT2D eigenvalue weighted by Gasteiger charge is -2.23. The predicted octanol–water partition coefficient (Wildman–Crippen LogP) is 2.93. The van der Waals surface area contributed by atoms with E-state index in [4.69, 9.17) is 9.47 Å². The largest absolute Gasteiger partial charge is 0.483 e. The minimum atomic E-state index is 0.0264. The van der Waals surface area contributed by atoms with Gasteiger partial charge in [0.15, 0.2) is 0 Å². The van der Waals surface area contributed by atoms with E-state index in [0.717, 1.165) is 55.1 Å². The number of hydrogen-bond acceptors (Lipinski definition) is 5. The molecule has 2 aromatic rings. The van der Waals surface area contributed by atoms with E-state index >= 15 is 0 Å². The van der Waals surface area contributed by atoms with Gasteiger partial charge in [-0.3, -0.25) is 4.79 Å².